The predicted molar refractivity (Wildman–Crippen MR) is 68.2 cm³/mol. The number of hydrogen-bond donors (Lipinski definition) is 0. The molecule has 106 valence electrons. The van der Waals surface area contributed by atoms with Crippen LogP contribution in [0.5, 0.6) is 0 Å². The molecule has 1 aliphatic rings. The molecule has 1 heterocycles. The van der Waals surface area contributed by atoms with Gasteiger partial charge in [-0.25, -0.2) is 4.39 Å². The quantitative estimate of drug-likeness (QED) is 0.726. The molecule has 0 aliphatic heterocycles. The second kappa shape index (κ2) is 6.40. The Morgan fingerprint density at radius 3 is 2.32 bits per heavy atom. The van der Waals surface area contributed by atoms with Crippen LogP contribution in [0.2, 0.25) is 0 Å². The predicted octanol–water partition coefficient (Wildman–Crippen LogP) is 4.65. The van der Waals surface area contributed by atoms with E-state index in [2.05, 4.69) is 11.9 Å². The first-order valence-electron chi connectivity index (χ1n) is 7.10. The number of aromatic nitrogens is 1. The fraction of sp³-hybridized carbons (Fsp3) is 0.667. The van der Waals surface area contributed by atoms with Crippen molar-refractivity contribution in [2.75, 3.05) is 0 Å². The lowest BCUT2D eigenvalue weighted by molar-refractivity contribution is 0.258. The Hall–Kier alpha value is -1.06. The maximum atomic E-state index is 13.4. The third-order valence-corrected chi connectivity index (χ3v) is 4.32. The fourth-order valence-corrected chi connectivity index (χ4v) is 2.95. The van der Waals surface area contributed by atoms with Crippen LogP contribution in [0, 0.1) is 29.5 Å². The van der Waals surface area contributed by atoms with Gasteiger partial charge in [0.25, 0.3) is 5.95 Å². The smallest absolute Gasteiger partial charge is 0.202 e. The molecule has 0 spiro atoms. The highest BCUT2D eigenvalue weighted by Crippen LogP contribution is 2.33. The maximum Gasteiger partial charge on any atom is 0.251 e. The molecule has 0 radical (unpaired) electrons. The van der Waals surface area contributed by atoms with E-state index in [1.165, 1.54) is 19.3 Å². The molecule has 1 fully saturated rings. The van der Waals surface area contributed by atoms with Crippen LogP contribution in [-0.4, -0.2) is 4.98 Å². The number of rotatable bonds is 4. The van der Waals surface area contributed by atoms with Crippen LogP contribution in [0.15, 0.2) is 6.07 Å². The zero-order chi connectivity index (χ0) is 13.8. The topological polar surface area (TPSA) is 12.9 Å². The number of pyridine rings is 1. The standard InChI is InChI=1S/C15H20F3N/c1-2-10-3-5-11(6-4-10)7-8-12-9-13(16)15(18)19-14(12)17/h9-11H,2-8H2,1H3/t10-,11-. The van der Waals surface area contributed by atoms with Gasteiger partial charge >= 0.3 is 0 Å². The molecule has 2 rings (SSSR count). The van der Waals surface area contributed by atoms with E-state index in [0.29, 0.717) is 12.3 Å². The minimum absolute atomic E-state index is 0.191. The zero-order valence-corrected chi connectivity index (χ0v) is 11.3. The minimum Gasteiger partial charge on any atom is -0.202 e. The van der Waals surface area contributed by atoms with E-state index in [-0.39, 0.29) is 5.56 Å². The molecule has 0 amide bonds. The molecule has 19 heavy (non-hydrogen) atoms. The van der Waals surface area contributed by atoms with Gasteiger partial charge in [-0.2, -0.15) is 13.8 Å². The van der Waals surface area contributed by atoms with Gasteiger partial charge < -0.3 is 0 Å². The van der Waals surface area contributed by atoms with E-state index in [0.717, 1.165) is 31.2 Å². The average Bonchev–Trinajstić information content (AvgIpc) is 2.42. The van der Waals surface area contributed by atoms with Gasteiger partial charge in [-0.15, -0.1) is 0 Å². The van der Waals surface area contributed by atoms with Crippen LogP contribution >= 0.6 is 0 Å². The normalized spacial score (nSPS) is 23.6. The van der Waals surface area contributed by atoms with Gasteiger partial charge in [-0.1, -0.05) is 39.0 Å². The Bertz CT molecular complexity index is 426. The molecular weight excluding hydrogens is 251 g/mol. The summed E-state index contributed by atoms with van der Waals surface area (Å²) in [7, 11) is 0. The van der Waals surface area contributed by atoms with E-state index in [9.17, 15) is 13.2 Å². The molecule has 0 bridgehead atoms. The summed E-state index contributed by atoms with van der Waals surface area (Å²) in [5, 5.41) is 0. The van der Waals surface area contributed by atoms with E-state index >= 15 is 0 Å². The van der Waals surface area contributed by atoms with E-state index in [1.807, 2.05) is 0 Å². The maximum absolute atomic E-state index is 13.4. The van der Waals surface area contributed by atoms with Crippen molar-refractivity contribution in [1.82, 2.24) is 4.98 Å². The van der Waals surface area contributed by atoms with Crippen molar-refractivity contribution in [3.05, 3.63) is 29.3 Å². The SMILES string of the molecule is CC[C@H]1CC[C@H](CCc2cc(F)c(F)nc2F)CC1. The summed E-state index contributed by atoms with van der Waals surface area (Å²) in [5.41, 5.74) is 0.191. The summed E-state index contributed by atoms with van der Waals surface area (Å²) in [4.78, 5) is 2.95. The number of hydrogen-bond acceptors (Lipinski definition) is 1. The summed E-state index contributed by atoms with van der Waals surface area (Å²) in [6.45, 7) is 2.22. The zero-order valence-electron chi connectivity index (χ0n) is 11.3. The minimum atomic E-state index is -1.36. The van der Waals surface area contributed by atoms with Crippen LogP contribution in [0.4, 0.5) is 13.2 Å². The van der Waals surface area contributed by atoms with Crippen molar-refractivity contribution in [1.29, 1.82) is 0 Å². The van der Waals surface area contributed by atoms with Gasteiger partial charge in [0.15, 0.2) is 5.82 Å². The Labute approximate surface area is 112 Å². The lowest BCUT2D eigenvalue weighted by Gasteiger charge is -2.27. The first kappa shape index (κ1) is 14.4. The molecule has 1 aromatic heterocycles. The van der Waals surface area contributed by atoms with Crippen LogP contribution in [-0.2, 0) is 6.42 Å². The Balaban J connectivity index is 1.88. The molecule has 1 saturated carbocycles. The van der Waals surface area contributed by atoms with Crippen molar-refractivity contribution < 1.29 is 13.2 Å². The van der Waals surface area contributed by atoms with Crippen molar-refractivity contribution in [2.45, 2.75) is 51.9 Å². The first-order chi connectivity index (χ1) is 9.10. The van der Waals surface area contributed by atoms with E-state index < -0.39 is 17.7 Å². The van der Waals surface area contributed by atoms with Gasteiger partial charge in [0.1, 0.15) is 0 Å². The van der Waals surface area contributed by atoms with Crippen molar-refractivity contribution in [2.24, 2.45) is 11.8 Å². The van der Waals surface area contributed by atoms with Gasteiger partial charge in [-0.3, -0.25) is 0 Å². The van der Waals surface area contributed by atoms with Crippen molar-refractivity contribution in [3.63, 3.8) is 0 Å². The van der Waals surface area contributed by atoms with Crippen LogP contribution in [0.25, 0.3) is 0 Å². The lowest BCUT2D eigenvalue weighted by Crippen LogP contribution is -2.15. The van der Waals surface area contributed by atoms with E-state index in [1.54, 1.807) is 0 Å². The van der Waals surface area contributed by atoms with Crippen LogP contribution in [0.3, 0.4) is 0 Å². The second-order valence-corrected chi connectivity index (χ2v) is 5.54. The van der Waals surface area contributed by atoms with Gasteiger partial charge in [-0.05, 0) is 30.7 Å². The molecule has 0 aromatic carbocycles. The molecule has 0 unspecified atom stereocenters. The van der Waals surface area contributed by atoms with Gasteiger partial charge in [0.05, 0.1) is 0 Å². The summed E-state index contributed by atoms with van der Waals surface area (Å²) < 4.78 is 39.1. The monoisotopic (exact) mass is 271 g/mol. The molecule has 1 aromatic rings. The molecule has 0 atom stereocenters. The summed E-state index contributed by atoms with van der Waals surface area (Å²) in [6, 6.07) is 0.940. The third kappa shape index (κ3) is 3.71. The first-order valence-corrected chi connectivity index (χ1v) is 7.10. The van der Waals surface area contributed by atoms with Gasteiger partial charge in [0.2, 0.25) is 5.95 Å². The summed E-state index contributed by atoms with van der Waals surface area (Å²) in [5.74, 6) is -1.88. The van der Waals surface area contributed by atoms with Crippen molar-refractivity contribution in [3.8, 4) is 0 Å². The summed E-state index contributed by atoms with van der Waals surface area (Å²) >= 11 is 0. The lowest BCUT2D eigenvalue weighted by atomic mass is 9.79. The molecule has 0 N–H and O–H groups in total. The Morgan fingerprint density at radius 2 is 1.68 bits per heavy atom. The highest BCUT2D eigenvalue weighted by atomic mass is 19.2. The fourth-order valence-electron chi connectivity index (χ4n) is 2.95. The summed E-state index contributed by atoms with van der Waals surface area (Å²) in [6.07, 6.45) is 7.31. The number of halogens is 3. The molecule has 1 aliphatic carbocycles. The Morgan fingerprint density at radius 1 is 1.05 bits per heavy atom. The van der Waals surface area contributed by atoms with Crippen LogP contribution in [0.1, 0.15) is 51.0 Å². The van der Waals surface area contributed by atoms with Crippen LogP contribution < -0.4 is 0 Å². The highest BCUT2D eigenvalue weighted by Gasteiger charge is 2.20. The van der Waals surface area contributed by atoms with Gasteiger partial charge in [0, 0.05) is 5.56 Å². The highest BCUT2D eigenvalue weighted by molar-refractivity contribution is 5.13. The Kier molecular flexibility index (Phi) is 4.83. The van der Waals surface area contributed by atoms with E-state index in [4.69, 9.17) is 0 Å². The molecular formula is C15H20F3N. The number of nitrogens with zero attached hydrogens (tertiary/aromatic N) is 1. The number of aryl methyl sites for hydroxylation is 1. The van der Waals surface area contributed by atoms with Crippen molar-refractivity contribution >= 4 is 0 Å². The largest absolute Gasteiger partial charge is 0.251 e. The average molecular weight is 271 g/mol. The third-order valence-electron chi connectivity index (χ3n) is 4.32. The second-order valence-electron chi connectivity index (χ2n) is 5.54. The molecule has 0 saturated heterocycles. The molecule has 4 heteroatoms. The molecule has 1 nitrogen and oxygen atoms in total.